The summed E-state index contributed by atoms with van der Waals surface area (Å²) in [6.07, 6.45) is 5.78. The van der Waals surface area contributed by atoms with E-state index in [0.717, 1.165) is 53.2 Å². The normalized spacial score (nSPS) is 12.2. The molecule has 0 saturated heterocycles. The van der Waals surface area contributed by atoms with Crippen LogP contribution in [0.5, 0.6) is 11.5 Å². The number of imide groups is 1. The largest absolute Gasteiger partial charge is 0.508 e. The van der Waals surface area contributed by atoms with Gasteiger partial charge in [-0.3, -0.25) is 24.7 Å². The van der Waals surface area contributed by atoms with E-state index in [1.165, 1.54) is 5.56 Å². The minimum atomic E-state index is -0.869. The molecule has 284 valence electrons. The van der Waals surface area contributed by atoms with E-state index in [0.29, 0.717) is 12.8 Å². The zero-order valence-corrected chi connectivity index (χ0v) is 31.1. The van der Waals surface area contributed by atoms with Crippen LogP contribution in [0.15, 0.2) is 103 Å². The van der Waals surface area contributed by atoms with E-state index in [1.807, 2.05) is 22.9 Å². The number of carbonyl (C=O) groups is 3. The van der Waals surface area contributed by atoms with E-state index >= 15 is 0 Å². The smallest absolute Gasteiger partial charge is 0.243 e. The van der Waals surface area contributed by atoms with Crippen molar-refractivity contribution in [1.29, 1.82) is 0 Å². The number of phenols is 2. The van der Waals surface area contributed by atoms with Gasteiger partial charge in [-0.05, 0) is 109 Å². The molecule has 12 nitrogen and oxygen atoms in total. The molecule has 2 unspecified atom stereocenters. The van der Waals surface area contributed by atoms with Crippen molar-refractivity contribution < 1.29 is 24.6 Å². The number of carbonyl (C=O) groups excluding carboxylic acids is 3. The SMILES string of the molecule is CC(C)(C)c1ccc(-n2nc(-c3ccccn3)cc2CCCCCC(=O)NC(=O)C(N)Cc2cccc(O)c2)cc1.NC(=O)C(N)Cc1ccc(O)cc1. The van der Waals surface area contributed by atoms with E-state index in [4.69, 9.17) is 27.4 Å². The second kappa shape index (κ2) is 19.3. The van der Waals surface area contributed by atoms with Gasteiger partial charge in [-0.25, -0.2) is 4.68 Å². The number of nitrogens with two attached hydrogens (primary N) is 3. The van der Waals surface area contributed by atoms with Gasteiger partial charge in [-0.2, -0.15) is 5.10 Å². The Morgan fingerprint density at radius 3 is 2.09 bits per heavy atom. The van der Waals surface area contributed by atoms with Crippen molar-refractivity contribution in [3.8, 4) is 28.6 Å². The third-order valence-electron chi connectivity index (χ3n) is 8.75. The van der Waals surface area contributed by atoms with Crippen LogP contribution >= 0.6 is 0 Å². The van der Waals surface area contributed by atoms with Gasteiger partial charge in [0.1, 0.15) is 17.2 Å². The highest BCUT2D eigenvalue weighted by molar-refractivity contribution is 5.97. The molecule has 0 aliphatic carbocycles. The molecule has 0 bridgehead atoms. The fourth-order valence-corrected chi connectivity index (χ4v) is 5.64. The average molecular weight is 734 g/mol. The van der Waals surface area contributed by atoms with Crippen LogP contribution in [-0.2, 0) is 39.1 Å². The van der Waals surface area contributed by atoms with Gasteiger partial charge in [0.25, 0.3) is 0 Å². The first-order valence-corrected chi connectivity index (χ1v) is 18.0. The summed E-state index contributed by atoms with van der Waals surface area (Å²) in [6, 6.07) is 27.9. The maximum atomic E-state index is 12.3. The quantitative estimate of drug-likeness (QED) is 0.0847. The molecule has 0 aliphatic rings. The van der Waals surface area contributed by atoms with Gasteiger partial charge in [0.2, 0.25) is 17.7 Å². The molecule has 0 fully saturated rings. The summed E-state index contributed by atoms with van der Waals surface area (Å²) < 4.78 is 1.98. The molecule has 2 aromatic heterocycles. The van der Waals surface area contributed by atoms with Crippen LogP contribution in [-0.4, -0.2) is 54.8 Å². The number of hydrogen-bond donors (Lipinski definition) is 6. The first-order chi connectivity index (χ1) is 25.7. The van der Waals surface area contributed by atoms with Crippen molar-refractivity contribution in [1.82, 2.24) is 20.1 Å². The fourth-order valence-electron chi connectivity index (χ4n) is 5.64. The van der Waals surface area contributed by atoms with Crippen LogP contribution in [0.2, 0.25) is 0 Å². The summed E-state index contributed by atoms with van der Waals surface area (Å²) >= 11 is 0. The van der Waals surface area contributed by atoms with Crippen molar-refractivity contribution in [3.63, 3.8) is 0 Å². The second-order valence-corrected chi connectivity index (χ2v) is 14.3. The highest BCUT2D eigenvalue weighted by atomic mass is 16.3. The first-order valence-electron chi connectivity index (χ1n) is 18.0. The molecule has 3 amide bonds. The molecular formula is C42H51N7O5. The Kier molecular flexibility index (Phi) is 14.6. The lowest BCUT2D eigenvalue weighted by Gasteiger charge is -2.19. The molecule has 9 N–H and O–H groups in total. The van der Waals surface area contributed by atoms with E-state index in [-0.39, 0.29) is 35.7 Å². The van der Waals surface area contributed by atoms with Gasteiger partial charge in [0.15, 0.2) is 0 Å². The number of nitrogens with zero attached hydrogens (tertiary/aromatic N) is 3. The highest BCUT2D eigenvalue weighted by Crippen LogP contribution is 2.26. The predicted octanol–water partition coefficient (Wildman–Crippen LogP) is 5.00. The number of hydrogen-bond acceptors (Lipinski definition) is 9. The van der Waals surface area contributed by atoms with Crippen molar-refractivity contribution in [2.24, 2.45) is 17.2 Å². The van der Waals surface area contributed by atoms with E-state index in [9.17, 15) is 19.5 Å². The molecule has 0 saturated carbocycles. The third-order valence-corrected chi connectivity index (χ3v) is 8.75. The van der Waals surface area contributed by atoms with Crippen molar-refractivity contribution in [2.75, 3.05) is 0 Å². The molecule has 3 aromatic carbocycles. The Morgan fingerprint density at radius 2 is 1.46 bits per heavy atom. The van der Waals surface area contributed by atoms with E-state index in [2.05, 4.69) is 61.4 Å². The van der Waals surface area contributed by atoms with Crippen LogP contribution < -0.4 is 22.5 Å². The minimum Gasteiger partial charge on any atom is -0.508 e. The highest BCUT2D eigenvalue weighted by Gasteiger charge is 2.18. The molecule has 12 heteroatoms. The lowest BCUT2D eigenvalue weighted by Crippen LogP contribution is -2.44. The van der Waals surface area contributed by atoms with E-state index < -0.39 is 23.9 Å². The van der Waals surface area contributed by atoms with Gasteiger partial charge in [0.05, 0.1) is 23.5 Å². The van der Waals surface area contributed by atoms with Crippen LogP contribution in [0.25, 0.3) is 17.1 Å². The molecular weight excluding hydrogens is 683 g/mol. The van der Waals surface area contributed by atoms with Crippen molar-refractivity contribution in [3.05, 3.63) is 126 Å². The monoisotopic (exact) mass is 733 g/mol. The van der Waals surface area contributed by atoms with Crippen molar-refractivity contribution in [2.45, 2.75) is 83.2 Å². The summed E-state index contributed by atoms with van der Waals surface area (Å²) in [5.74, 6) is -1.06. The maximum absolute atomic E-state index is 12.3. The second-order valence-electron chi connectivity index (χ2n) is 14.3. The fraction of sp³-hybridized carbons (Fsp3) is 0.310. The Hall–Kier alpha value is -5.85. The first kappa shape index (κ1) is 40.9. The Morgan fingerprint density at radius 1 is 0.759 bits per heavy atom. The molecule has 5 aromatic rings. The molecule has 2 atom stereocenters. The van der Waals surface area contributed by atoms with Crippen LogP contribution in [0.1, 0.15) is 68.8 Å². The number of amides is 3. The summed E-state index contributed by atoms with van der Waals surface area (Å²) in [4.78, 5) is 39.8. The van der Waals surface area contributed by atoms with Crippen LogP contribution in [0.3, 0.4) is 0 Å². The van der Waals surface area contributed by atoms with Gasteiger partial charge in [-0.15, -0.1) is 0 Å². The number of aromatic nitrogens is 3. The Labute approximate surface area is 316 Å². The molecule has 2 heterocycles. The van der Waals surface area contributed by atoms with Crippen molar-refractivity contribution >= 4 is 17.7 Å². The number of pyridine rings is 1. The zero-order chi connectivity index (χ0) is 39.3. The number of aromatic hydroxyl groups is 2. The lowest BCUT2D eigenvalue weighted by atomic mass is 9.87. The number of nitrogens with one attached hydrogen (secondary N) is 1. The predicted molar refractivity (Wildman–Crippen MR) is 210 cm³/mol. The number of rotatable bonds is 14. The number of primary amides is 1. The van der Waals surface area contributed by atoms with Crippen LogP contribution in [0, 0.1) is 0 Å². The number of phenolic OH excluding ortho intramolecular Hbond substituents is 2. The lowest BCUT2D eigenvalue weighted by molar-refractivity contribution is -0.131. The van der Waals surface area contributed by atoms with Gasteiger partial charge in [0, 0.05) is 18.3 Å². The molecule has 0 aliphatic heterocycles. The maximum Gasteiger partial charge on any atom is 0.243 e. The van der Waals surface area contributed by atoms with Gasteiger partial charge in [-0.1, -0.05) is 69.7 Å². The summed E-state index contributed by atoms with van der Waals surface area (Å²) in [6.45, 7) is 6.59. The average Bonchev–Trinajstić information content (AvgIpc) is 3.57. The number of aryl methyl sites for hydroxylation is 1. The summed E-state index contributed by atoms with van der Waals surface area (Å²) in [7, 11) is 0. The molecule has 54 heavy (non-hydrogen) atoms. The van der Waals surface area contributed by atoms with Gasteiger partial charge >= 0.3 is 0 Å². The molecule has 5 rings (SSSR count). The number of unbranched alkanes of at least 4 members (excludes halogenated alkanes) is 2. The summed E-state index contributed by atoms with van der Waals surface area (Å²) in [5.41, 5.74) is 23.1. The summed E-state index contributed by atoms with van der Waals surface area (Å²) in [5, 5.41) is 25.8. The van der Waals surface area contributed by atoms with Crippen LogP contribution in [0.4, 0.5) is 0 Å². The zero-order valence-electron chi connectivity index (χ0n) is 31.1. The van der Waals surface area contributed by atoms with Gasteiger partial charge < -0.3 is 27.4 Å². The van der Waals surface area contributed by atoms with E-state index in [1.54, 1.807) is 54.7 Å². The molecule has 0 radical (unpaired) electrons. The minimum absolute atomic E-state index is 0.0679. The Balaban J connectivity index is 0.000000422. The topological polar surface area (TPSA) is 212 Å². The third kappa shape index (κ3) is 12.7. The number of benzene rings is 3. The molecule has 0 spiro atoms. The standard InChI is InChI=1S/C33H39N5O3.C9H12N2O2/c1-33(2,3)24-15-17-25(18-16-24)38-26(22-30(37-38)29-13-7-8-19-35-29)11-5-4-6-14-31(40)36-32(41)28(34)21-23-10-9-12-27(39)20-23;10-8(9(11)13)5-6-1-3-7(12)4-2-6/h7-10,12-13,15-20,22,28,39H,4-6,11,14,21,34H2,1-3H3,(H,36,40,41);1-4,8,12H,5,10H2,(H2,11,13). The Bertz CT molecular complexity index is 1970.